The molecule has 2 aliphatic rings. The second-order valence-corrected chi connectivity index (χ2v) is 5.75. The number of nitrogens with zero attached hydrogens (tertiary/aromatic N) is 2. The summed E-state index contributed by atoms with van der Waals surface area (Å²) in [7, 11) is -3.17. The number of hydrogen-bond donors (Lipinski definition) is 1. The number of nitrogens with one attached hydrogen (secondary N) is 1. The monoisotopic (exact) mass is 229 g/mol. The molecule has 2 rings (SSSR count). The molecule has 0 aromatic rings. The summed E-state index contributed by atoms with van der Waals surface area (Å²) in [5, 5.41) is 0. The van der Waals surface area contributed by atoms with Crippen molar-refractivity contribution in [3.05, 3.63) is 11.3 Å². The lowest BCUT2D eigenvalue weighted by Gasteiger charge is -2.37. The molecule has 0 aliphatic carbocycles. The first-order valence-electron chi connectivity index (χ1n) is 4.89. The van der Waals surface area contributed by atoms with Crippen molar-refractivity contribution in [1.29, 1.82) is 0 Å². The fraction of sp³-hybridized carbons (Fsp3) is 0.667. The lowest BCUT2D eigenvalue weighted by molar-refractivity contribution is 0.475. The van der Waals surface area contributed by atoms with E-state index in [-0.39, 0.29) is 11.9 Å². The number of rotatable bonds is 0. The summed E-state index contributed by atoms with van der Waals surface area (Å²) in [6, 6.07) is 0.152. The predicted octanol–water partition coefficient (Wildman–Crippen LogP) is 0.273. The van der Waals surface area contributed by atoms with Gasteiger partial charge in [-0.05, 0) is 26.3 Å². The summed E-state index contributed by atoms with van der Waals surface area (Å²) in [5.41, 5.74) is 2.19. The Hall–Kier alpha value is -0.880. The highest BCUT2D eigenvalue weighted by molar-refractivity contribution is 7.89. The van der Waals surface area contributed by atoms with E-state index in [1.807, 2.05) is 20.8 Å². The number of fused-ring (bicyclic) bond motifs is 1. The first-order chi connectivity index (χ1) is 6.91. The Morgan fingerprint density at radius 1 is 1.47 bits per heavy atom. The molecular weight excluding hydrogens is 214 g/mol. The topological polar surface area (TPSA) is 61.8 Å². The van der Waals surface area contributed by atoms with Crippen LogP contribution in [0.25, 0.3) is 0 Å². The van der Waals surface area contributed by atoms with Crippen LogP contribution < -0.4 is 4.72 Å². The van der Waals surface area contributed by atoms with Crippen LogP contribution in [0.2, 0.25) is 0 Å². The summed E-state index contributed by atoms with van der Waals surface area (Å²) in [6.07, 6.45) is 0. The van der Waals surface area contributed by atoms with Gasteiger partial charge in [-0.25, -0.2) is 13.1 Å². The van der Waals surface area contributed by atoms with Crippen molar-refractivity contribution >= 4 is 15.9 Å². The molecule has 1 unspecified atom stereocenters. The van der Waals surface area contributed by atoms with Gasteiger partial charge >= 0.3 is 0 Å². The Morgan fingerprint density at radius 2 is 2.13 bits per heavy atom. The molecule has 0 radical (unpaired) electrons. The summed E-state index contributed by atoms with van der Waals surface area (Å²) in [5.74, 6) is 0.773. The van der Waals surface area contributed by atoms with Crippen LogP contribution in [0.5, 0.6) is 0 Å². The number of sulfonamides is 1. The lowest BCUT2D eigenvalue weighted by Crippen LogP contribution is -2.50. The van der Waals surface area contributed by atoms with Crippen LogP contribution >= 0.6 is 0 Å². The average Bonchev–Trinajstić information content (AvgIpc) is 2.13. The van der Waals surface area contributed by atoms with Crippen LogP contribution in [0.15, 0.2) is 16.3 Å². The molecule has 1 saturated heterocycles. The molecule has 0 aromatic carbocycles. The van der Waals surface area contributed by atoms with Crippen LogP contribution in [0.4, 0.5) is 0 Å². The van der Waals surface area contributed by atoms with Crippen LogP contribution in [-0.4, -0.2) is 37.6 Å². The number of aliphatic imine (C=N–C) groups is 1. The zero-order valence-electron chi connectivity index (χ0n) is 9.11. The SMILES string of the molecule is CC1=NC(C)C(C)=C2CNS(=O)(=O)CN12. The first-order valence-corrected chi connectivity index (χ1v) is 6.55. The highest BCUT2D eigenvalue weighted by Crippen LogP contribution is 2.24. The van der Waals surface area contributed by atoms with Gasteiger partial charge in [0, 0.05) is 5.70 Å². The van der Waals surface area contributed by atoms with Gasteiger partial charge in [0.25, 0.3) is 0 Å². The molecule has 1 atom stereocenters. The van der Waals surface area contributed by atoms with Crippen molar-refractivity contribution in [2.45, 2.75) is 26.8 Å². The molecule has 0 saturated carbocycles. The normalized spacial score (nSPS) is 29.9. The number of amidine groups is 1. The molecule has 0 aromatic heterocycles. The molecule has 0 amide bonds. The number of hydrogen-bond acceptors (Lipinski definition) is 4. The zero-order valence-corrected chi connectivity index (χ0v) is 9.93. The van der Waals surface area contributed by atoms with Gasteiger partial charge in [0.15, 0.2) is 0 Å². The van der Waals surface area contributed by atoms with E-state index in [1.165, 1.54) is 0 Å². The minimum Gasteiger partial charge on any atom is -0.316 e. The Balaban J connectivity index is 2.41. The molecule has 84 valence electrons. The Morgan fingerprint density at radius 3 is 2.80 bits per heavy atom. The van der Waals surface area contributed by atoms with Crippen molar-refractivity contribution in [2.75, 3.05) is 12.4 Å². The molecular formula is C9H15N3O2S. The van der Waals surface area contributed by atoms with E-state index in [0.717, 1.165) is 17.1 Å². The van der Waals surface area contributed by atoms with E-state index in [9.17, 15) is 8.42 Å². The van der Waals surface area contributed by atoms with Gasteiger partial charge in [0.2, 0.25) is 10.0 Å². The molecule has 2 heterocycles. The van der Waals surface area contributed by atoms with Gasteiger partial charge in [-0.15, -0.1) is 0 Å². The fourth-order valence-corrected chi connectivity index (χ4v) is 3.03. The van der Waals surface area contributed by atoms with Gasteiger partial charge in [-0.3, -0.25) is 4.99 Å². The van der Waals surface area contributed by atoms with Gasteiger partial charge in [0.1, 0.15) is 11.7 Å². The fourth-order valence-electron chi connectivity index (χ4n) is 1.90. The third kappa shape index (κ3) is 1.79. The Bertz CT molecular complexity index is 450. The van der Waals surface area contributed by atoms with Gasteiger partial charge < -0.3 is 4.90 Å². The van der Waals surface area contributed by atoms with Crippen molar-refractivity contribution < 1.29 is 8.42 Å². The van der Waals surface area contributed by atoms with Crippen LogP contribution in [-0.2, 0) is 10.0 Å². The van der Waals surface area contributed by atoms with Crippen molar-refractivity contribution in [3.63, 3.8) is 0 Å². The maximum Gasteiger partial charge on any atom is 0.230 e. The predicted molar refractivity (Wildman–Crippen MR) is 58.9 cm³/mol. The summed E-state index contributed by atoms with van der Waals surface area (Å²) in [6.45, 7) is 6.25. The molecule has 0 bridgehead atoms. The van der Waals surface area contributed by atoms with E-state index in [0.29, 0.717) is 6.54 Å². The standard InChI is InChI=1S/C9H15N3O2S/c1-6-7(2)11-8(3)12-5-15(13,14)10-4-9(6)12/h7,10H,4-5H2,1-3H3. The molecule has 1 N–H and O–H groups in total. The molecule has 1 fully saturated rings. The zero-order chi connectivity index (χ0) is 11.2. The van der Waals surface area contributed by atoms with Crippen molar-refractivity contribution in [2.24, 2.45) is 4.99 Å². The van der Waals surface area contributed by atoms with E-state index < -0.39 is 10.0 Å². The molecule has 0 spiro atoms. The van der Waals surface area contributed by atoms with Crippen LogP contribution in [0.3, 0.4) is 0 Å². The van der Waals surface area contributed by atoms with Crippen molar-refractivity contribution in [1.82, 2.24) is 9.62 Å². The molecule has 15 heavy (non-hydrogen) atoms. The molecule has 5 nitrogen and oxygen atoms in total. The Kier molecular flexibility index (Phi) is 2.35. The largest absolute Gasteiger partial charge is 0.316 e. The first kappa shape index (κ1) is 10.6. The quantitative estimate of drug-likeness (QED) is 0.648. The van der Waals surface area contributed by atoms with E-state index in [1.54, 1.807) is 4.90 Å². The highest BCUT2D eigenvalue weighted by Gasteiger charge is 2.31. The maximum absolute atomic E-state index is 11.4. The van der Waals surface area contributed by atoms with E-state index >= 15 is 0 Å². The maximum atomic E-state index is 11.4. The van der Waals surface area contributed by atoms with E-state index in [2.05, 4.69) is 9.71 Å². The van der Waals surface area contributed by atoms with Gasteiger partial charge in [-0.2, -0.15) is 0 Å². The third-order valence-electron chi connectivity index (χ3n) is 2.94. The highest BCUT2D eigenvalue weighted by atomic mass is 32.2. The van der Waals surface area contributed by atoms with Crippen LogP contribution in [0.1, 0.15) is 20.8 Å². The second kappa shape index (κ2) is 3.31. The van der Waals surface area contributed by atoms with Gasteiger partial charge in [-0.1, -0.05) is 0 Å². The third-order valence-corrected chi connectivity index (χ3v) is 4.12. The molecule has 2 aliphatic heterocycles. The van der Waals surface area contributed by atoms with Crippen molar-refractivity contribution in [3.8, 4) is 0 Å². The van der Waals surface area contributed by atoms with E-state index in [4.69, 9.17) is 0 Å². The average molecular weight is 229 g/mol. The lowest BCUT2D eigenvalue weighted by atomic mass is 10.1. The summed E-state index contributed by atoms with van der Waals surface area (Å²) in [4.78, 5) is 6.18. The summed E-state index contributed by atoms with van der Waals surface area (Å²) >= 11 is 0. The molecule has 6 heteroatoms. The minimum atomic E-state index is -3.17. The minimum absolute atomic E-state index is 0.0122. The van der Waals surface area contributed by atoms with Gasteiger partial charge in [0.05, 0.1) is 12.6 Å². The smallest absolute Gasteiger partial charge is 0.230 e. The second-order valence-electron chi connectivity index (χ2n) is 3.97. The Labute approximate surface area is 89.9 Å². The summed E-state index contributed by atoms with van der Waals surface area (Å²) < 4.78 is 25.4. The van der Waals surface area contributed by atoms with Crippen LogP contribution in [0, 0.1) is 0 Å².